The molecule has 2 bridgehead atoms. The molecule has 0 aromatic carbocycles. The van der Waals surface area contributed by atoms with Crippen LogP contribution in [0.3, 0.4) is 0 Å². The van der Waals surface area contributed by atoms with Gasteiger partial charge in [-0.15, -0.1) is 0 Å². The van der Waals surface area contributed by atoms with Gasteiger partial charge in [-0.05, 0) is 37.1 Å². The fraction of sp³-hybridized carbons (Fsp3) is 0.333. The Kier molecular flexibility index (Phi) is 5.66. The van der Waals surface area contributed by atoms with E-state index in [-0.39, 0.29) is 0 Å². The molecule has 4 aromatic heterocycles. The van der Waals surface area contributed by atoms with Crippen LogP contribution in [0, 0.1) is 11.3 Å². The molecule has 2 aliphatic rings. The number of aromatic nitrogens is 4. The Morgan fingerprint density at radius 2 is 2.00 bits per heavy atom. The van der Waals surface area contributed by atoms with Gasteiger partial charge in [0.05, 0.1) is 37.2 Å². The van der Waals surface area contributed by atoms with E-state index < -0.39 is 0 Å². The SMILES string of the molecule is CCOc1cc(-c2ccc(N3C[C@H]4C[C@H]3CN4Cc3ccc(OC)nc3)nc2)c2c(C#N)cnn2c1. The zero-order valence-electron chi connectivity index (χ0n) is 20.3. The van der Waals surface area contributed by atoms with Gasteiger partial charge < -0.3 is 14.4 Å². The van der Waals surface area contributed by atoms with Gasteiger partial charge in [0, 0.05) is 61.3 Å². The highest BCUT2D eigenvalue weighted by molar-refractivity contribution is 5.85. The molecule has 6 heterocycles. The largest absolute Gasteiger partial charge is 0.492 e. The summed E-state index contributed by atoms with van der Waals surface area (Å²) in [5.74, 6) is 2.34. The molecule has 9 heteroatoms. The normalized spacial score (nSPS) is 19.1. The van der Waals surface area contributed by atoms with E-state index in [1.165, 1.54) is 5.56 Å². The van der Waals surface area contributed by atoms with E-state index >= 15 is 0 Å². The Hall–Kier alpha value is -4.16. The molecular weight excluding hydrogens is 454 g/mol. The number of rotatable bonds is 7. The van der Waals surface area contributed by atoms with Gasteiger partial charge in [0.1, 0.15) is 17.6 Å². The van der Waals surface area contributed by atoms with Crippen LogP contribution >= 0.6 is 0 Å². The van der Waals surface area contributed by atoms with Gasteiger partial charge in [0.2, 0.25) is 5.88 Å². The highest BCUT2D eigenvalue weighted by Crippen LogP contribution is 2.36. The molecule has 0 unspecified atom stereocenters. The van der Waals surface area contributed by atoms with Crippen LogP contribution in [-0.2, 0) is 6.54 Å². The monoisotopic (exact) mass is 481 g/mol. The van der Waals surface area contributed by atoms with Crippen molar-refractivity contribution in [3.8, 4) is 28.8 Å². The lowest BCUT2D eigenvalue weighted by atomic mass is 10.1. The Bertz CT molecular complexity index is 1430. The second-order valence-corrected chi connectivity index (χ2v) is 9.22. The molecule has 2 atom stereocenters. The number of anilines is 1. The highest BCUT2D eigenvalue weighted by Gasteiger charge is 2.43. The fourth-order valence-electron chi connectivity index (χ4n) is 5.44. The quantitative estimate of drug-likeness (QED) is 0.396. The number of piperazine rings is 1. The molecule has 0 spiro atoms. The zero-order valence-corrected chi connectivity index (χ0v) is 20.3. The number of ether oxygens (including phenoxy) is 2. The van der Waals surface area contributed by atoms with Crippen LogP contribution in [0.2, 0.25) is 0 Å². The summed E-state index contributed by atoms with van der Waals surface area (Å²) in [6.07, 6.45) is 8.33. The Labute approximate surface area is 209 Å². The summed E-state index contributed by atoms with van der Waals surface area (Å²) in [7, 11) is 1.64. The van der Waals surface area contributed by atoms with Crippen molar-refractivity contribution in [2.24, 2.45) is 0 Å². The lowest BCUT2D eigenvalue weighted by Gasteiger charge is -2.35. The average molecular weight is 482 g/mol. The number of nitriles is 1. The number of nitrogens with zero attached hydrogens (tertiary/aromatic N) is 7. The first-order valence-electron chi connectivity index (χ1n) is 12.2. The average Bonchev–Trinajstić information content (AvgIpc) is 3.63. The molecule has 2 fully saturated rings. The number of hydrogen-bond donors (Lipinski definition) is 0. The summed E-state index contributed by atoms with van der Waals surface area (Å²) in [6, 6.07) is 13.3. The van der Waals surface area contributed by atoms with Gasteiger partial charge in [-0.25, -0.2) is 14.5 Å². The third-order valence-electron chi connectivity index (χ3n) is 7.12. The Morgan fingerprint density at radius 3 is 2.67 bits per heavy atom. The molecule has 182 valence electrons. The highest BCUT2D eigenvalue weighted by atomic mass is 16.5. The number of methoxy groups -OCH3 is 1. The van der Waals surface area contributed by atoms with Gasteiger partial charge in [0.25, 0.3) is 0 Å². The van der Waals surface area contributed by atoms with Crippen LogP contribution in [0.1, 0.15) is 24.5 Å². The maximum absolute atomic E-state index is 9.58. The minimum Gasteiger partial charge on any atom is -0.492 e. The Morgan fingerprint density at radius 1 is 1.08 bits per heavy atom. The lowest BCUT2D eigenvalue weighted by Crippen LogP contribution is -2.46. The van der Waals surface area contributed by atoms with Crippen molar-refractivity contribution in [3.05, 3.63) is 66.2 Å². The fourth-order valence-corrected chi connectivity index (χ4v) is 5.44. The van der Waals surface area contributed by atoms with E-state index in [9.17, 15) is 5.26 Å². The van der Waals surface area contributed by atoms with Crippen LogP contribution in [0.15, 0.2) is 55.1 Å². The van der Waals surface area contributed by atoms with Gasteiger partial charge in [-0.1, -0.05) is 6.07 Å². The van der Waals surface area contributed by atoms with Gasteiger partial charge in [-0.2, -0.15) is 10.4 Å². The van der Waals surface area contributed by atoms with Crippen LogP contribution in [0.25, 0.3) is 16.6 Å². The molecule has 0 radical (unpaired) electrons. The van der Waals surface area contributed by atoms with Crippen LogP contribution < -0.4 is 14.4 Å². The summed E-state index contributed by atoms with van der Waals surface area (Å²) >= 11 is 0. The third-order valence-corrected chi connectivity index (χ3v) is 7.12. The third kappa shape index (κ3) is 3.89. The number of pyridine rings is 3. The molecule has 6 rings (SSSR count). The smallest absolute Gasteiger partial charge is 0.212 e. The molecule has 2 aliphatic heterocycles. The predicted octanol–water partition coefficient (Wildman–Crippen LogP) is 3.53. The molecule has 0 N–H and O–H groups in total. The van der Waals surface area contributed by atoms with E-state index in [4.69, 9.17) is 14.5 Å². The zero-order chi connectivity index (χ0) is 24.6. The summed E-state index contributed by atoms with van der Waals surface area (Å²) < 4.78 is 12.6. The molecule has 36 heavy (non-hydrogen) atoms. The summed E-state index contributed by atoms with van der Waals surface area (Å²) in [4.78, 5) is 14.1. The predicted molar refractivity (Wildman–Crippen MR) is 135 cm³/mol. The first-order chi connectivity index (χ1) is 17.7. The topological polar surface area (TPSA) is 91.8 Å². The molecule has 4 aromatic rings. The molecule has 0 amide bonds. The molecule has 0 saturated carbocycles. The van der Waals surface area contributed by atoms with Gasteiger partial charge in [0.15, 0.2) is 0 Å². The summed E-state index contributed by atoms with van der Waals surface area (Å²) in [5, 5.41) is 13.9. The molecule has 0 aliphatic carbocycles. The molecule has 2 saturated heterocycles. The van der Waals surface area contributed by atoms with E-state index in [1.54, 1.807) is 24.0 Å². The van der Waals surface area contributed by atoms with Crippen LogP contribution in [-0.4, -0.2) is 63.4 Å². The summed E-state index contributed by atoms with van der Waals surface area (Å²) in [5.41, 5.74) is 4.31. The van der Waals surface area contributed by atoms with Crippen LogP contribution in [0.4, 0.5) is 5.82 Å². The number of likely N-dealkylation sites (tertiary alicyclic amines) is 1. The van der Waals surface area contributed by atoms with E-state index in [0.29, 0.717) is 35.9 Å². The van der Waals surface area contributed by atoms with Crippen LogP contribution in [0.5, 0.6) is 11.6 Å². The standard InChI is InChI=1S/C27H27N7O2/c1-3-36-23-9-24(27-20(10-28)13-31-34(27)17-23)19-5-6-25(29-12-19)33-16-21-8-22(33)15-32(21)14-18-4-7-26(35-2)30-11-18/h4-7,9,11-13,17,21-22H,3,8,14-16H2,1-2H3/t21-,22+/m1/s1. The van der Waals surface area contributed by atoms with Crippen molar-refractivity contribution in [1.82, 2.24) is 24.5 Å². The maximum atomic E-state index is 9.58. The minimum absolute atomic E-state index is 0.451. The van der Waals surface area contributed by atoms with E-state index in [2.05, 4.69) is 44.2 Å². The lowest BCUT2D eigenvalue weighted by molar-refractivity contribution is 0.229. The maximum Gasteiger partial charge on any atom is 0.212 e. The van der Waals surface area contributed by atoms with Crippen molar-refractivity contribution in [2.45, 2.75) is 32.0 Å². The van der Waals surface area contributed by atoms with Gasteiger partial charge in [-0.3, -0.25) is 4.90 Å². The van der Waals surface area contributed by atoms with Crippen molar-refractivity contribution in [3.63, 3.8) is 0 Å². The van der Waals surface area contributed by atoms with Crippen molar-refractivity contribution < 1.29 is 9.47 Å². The second kappa shape index (κ2) is 9.13. The minimum atomic E-state index is 0.451. The van der Waals surface area contributed by atoms with E-state index in [0.717, 1.165) is 48.5 Å². The first kappa shape index (κ1) is 22.3. The number of hydrogen-bond acceptors (Lipinski definition) is 8. The Balaban J connectivity index is 1.20. The second-order valence-electron chi connectivity index (χ2n) is 9.22. The van der Waals surface area contributed by atoms with E-state index in [1.807, 2.05) is 31.5 Å². The van der Waals surface area contributed by atoms with Crippen molar-refractivity contribution >= 4 is 11.3 Å². The molecule has 9 nitrogen and oxygen atoms in total. The first-order valence-corrected chi connectivity index (χ1v) is 12.2. The molecular formula is C27H27N7O2. The van der Waals surface area contributed by atoms with Crippen molar-refractivity contribution in [2.75, 3.05) is 31.7 Å². The van der Waals surface area contributed by atoms with Crippen molar-refractivity contribution in [1.29, 1.82) is 5.26 Å². The van der Waals surface area contributed by atoms with Gasteiger partial charge >= 0.3 is 0 Å². The summed E-state index contributed by atoms with van der Waals surface area (Å²) in [6.45, 7) is 5.38. The number of fused-ring (bicyclic) bond motifs is 3.